The molecular weight excluding hydrogens is 755 g/mol. The predicted molar refractivity (Wildman–Crippen MR) is 258 cm³/mol. The van der Waals surface area contributed by atoms with Gasteiger partial charge in [-0.2, -0.15) is 4.58 Å². The minimum absolute atomic E-state index is 0.635. The van der Waals surface area contributed by atoms with Crippen molar-refractivity contribution in [2.75, 3.05) is 0 Å². The van der Waals surface area contributed by atoms with E-state index < -0.39 is 0 Å². The van der Waals surface area contributed by atoms with Crippen LogP contribution in [-0.2, 0) is 0 Å². The summed E-state index contributed by atoms with van der Waals surface area (Å²) in [6.45, 7) is 2.18. The normalized spacial score (nSPS) is 12.4. The summed E-state index contributed by atoms with van der Waals surface area (Å²) < 4.78 is 4.65. The first-order valence-corrected chi connectivity index (χ1v) is 20.9. The lowest BCUT2D eigenvalue weighted by Crippen LogP contribution is -2.08. The van der Waals surface area contributed by atoms with E-state index >= 15 is 0 Å². The molecule has 8 aromatic carbocycles. The molecule has 0 unspecified atom stereocenters. The van der Waals surface area contributed by atoms with E-state index in [9.17, 15) is 0 Å². The van der Waals surface area contributed by atoms with Crippen molar-refractivity contribution in [3.8, 4) is 62.1 Å². The lowest BCUT2D eigenvalue weighted by atomic mass is 9.97. The molecule has 0 amide bonds. The first-order valence-electron chi connectivity index (χ1n) is 20.9. The Morgan fingerprint density at radius 2 is 0.903 bits per heavy atom. The Morgan fingerprint density at radius 1 is 0.403 bits per heavy atom. The maximum Gasteiger partial charge on any atom is 0.219 e. The molecule has 1 aliphatic heterocycles. The molecule has 5 nitrogen and oxygen atoms in total. The molecule has 2 aromatic heterocycles. The van der Waals surface area contributed by atoms with Crippen molar-refractivity contribution in [3.05, 3.63) is 224 Å². The summed E-state index contributed by atoms with van der Waals surface area (Å²) in [6.07, 6.45) is 8.57. The highest BCUT2D eigenvalue weighted by molar-refractivity contribution is 6.10. The number of hydrogen-bond donors (Lipinski definition) is 0. The van der Waals surface area contributed by atoms with Crippen molar-refractivity contribution in [2.24, 2.45) is 0 Å². The van der Waals surface area contributed by atoms with Crippen LogP contribution in [0.1, 0.15) is 12.5 Å². The number of fused-ring (bicyclic) bond motifs is 4. The molecule has 11 rings (SSSR count). The molecule has 292 valence electrons. The topological polar surface area (TPSA) is 46.6 Å². The molecule has 0 bridgehead atoms. The SMILES string of the molecule is CC1=CC=CC=[N+](c2ccc(-c3ccc4c(c3)c3ccccc3n4-c3ccc(-c4nc(-c5ccccc5)nc(-c5ccccc5)n4)cc3)cc2)c2cc(-c3ccccc3)ccc21. The van der Waals surface area contributed by atoms with Crippen LogP contribution in [-0.4, -0.2) is 25.7 Å². The molecule has 62 heavy (non-hydrogen) atoms. The van der Waals surface area contributed by atoms with Gasteiger partial charge in [0.1, 0.15) is 0 Å². The van der Waals surface area contributed by atoms with E-state index in [1.807, 2.05) is 60.7 Å². The van der Waals surface area contributed by atoms with Gasteiger partial charge in [-0.05, 0) is 95.4 Å². The van der Waals surface area contributed by atoms with Gasteiger partial charge in [0.2, 0.25) is 11.4 Å². The van der Waals surface area contributed by atoms with E-state index in [0.29, 0.717) is 17.5 Å². The van der Waals surface area contributed by atoms with E-state index in [2.05, 4.69) is 180 Å². The molecular formula is C57H40N5+. The number of allylic oxidation sites excluding steroid dienone is 4. The van der Waals surface area contributed by atoms with E-state index in [1.54, 1.807) is 0 Å². The van der Waals surface area contributed by atoms with Gasteiger partial charge in [-0.3, -0.25) is 0 Å². The number of benzene rings is 8. The standard InChI is InChI=1S/C57H40N5/c1-39-15-13-14-36-61(54-38-46(28-34-49(39)54)40-16-5-2-6-17-40)47-30-24-41(25-31-47)45-29-35-53-51(37-45)50-22-11-12-23-52(50)62(53)48-32-26-44(27-33-48)57-59-55(42-18-7-3-8-19-42)58-56(60-57)43-20-9-4-10-21-43/h2-38H,1H3/q+1. The molecule has 0 N–H and O–H groups in total. The van der Waals surface area contributed by atoms with Gasteiger partial charge in [-0.25, -0.2) is 15.0 Å². The van der Waals surface area contributed by atoms with Gasteiger partial charge in [0.05, 0.1) is 11.0 Å². The van der Waals surface area contributed by atoms with Crippen LogP contribution in [0.25, 0.3) is 89.5 Å². The van der Waals surface area contributed by atoms with Gasteiger partial charge in [-0.15, -0.1) is 0 Å². The van der Waals surface area contributed by atoms with Crippen LogP contribution in [0.4, 0.5) is 11.4 Å². The van der Waals surface area contributed by atoms with Crippen molar-refractivity contribution in [3.63, 3.8) is 0 Å². The van der Waals surface area contributed by atoms with Crippen molar-refractivity contribution in [1.82, 2.24) is 24.1 Å². The van der Waals surface area contributed by atoms with Gasteiger partial charge >= 0.3 is 0 Å². The molecule has 0 radical (unpaired) electrons. The zero-order chi connectivity index (χ0) is 41.4. The molecule has 5 heteroatoms. The Hall–Kier alpha value is -8.28. The zero-order valence-corrected chi connectivity index (χ0v) is 34.1. The van der Waals surface area contributed by atoms with Crippen molar-refractivity contribution in [2.45, 2.75) is 6.92 Å². The average molecular weight is 795 g/mol. The number of rotatable bonds is 7. The average Bonchev–Trinajstić information content (AvgIpc) is 3.68. The van der Waals surface area contributed by atoms with E-state index in [1.165, 1.54) is 38.6 Å². The maximum atomic E-state index is 4.96. The zero-order valence-electron chi connectivity index (χ0n) is 34.1. The Bertz CT molecular complexity index is 3300. The van der Waals surface area contributed by atoms with Crippen LogP contribution in [0.15, 0.2) is 218 Å². The Kier molecular flexibility index (Phi) is 9.32. The van der Waals surface area contributed by atoms with Gasteiger partial charge < -0.3 is 4.57 Å². The smallest absolute Gasteiger partial charge is 0.219 e. The van der Waals surface area contributed by atoms with E-state index in [-0.39, 0.29) is 0 Å². The molecule has 0 saturated heterocycles. The fourth-order valence-electron chi connectivity index (χ4n) is 8.55. The van der Waals surface area contributed by atoms with Gasteiger partial charge in [-0.1, -0.05) is 133 Å². The second kappa shape index (κ2) is 15.7. The fourth-order valence-corrected chi connectivity index (χ4v) is 8.55. The van der Waals surface area contributed by atoms with E-state index in [0.717, 1.165) is 50.3 Å². The summed E-state index contributed by atoms with van der Waals surface area (Å²) >= 11 is 0. The van der Waals surface area contributed by atoms with Crippen LogP contribution in [0.3, 0.4) is 0 Å². The monoisotopic (exact) mass is 794 g/mol. The van der Waals surface area contributed by atoms with Crippen LogP contribution in [0.5, 0.6) is 0 Å². The molecule has 3 heterocycles. The number of para-hydroxylation sites is 1. The van der Waals surface area contributed by atoms with Crippen LogP contribution >= 0.6 is 0 Å². The third-order valence-electron chi connectivity index (χ3n) is 11.7. The number of nitrogens with zero attached hydrogens (tertiary/aromatic N) is 5. The molecule has 0 fully saturated rings. The quantitative estimate of drug-likeness (QED) is 0.151. The Morgan fingerprint density at radius 3 is 1.56 bits per heavy atom. The molecule has 0 saturated carbocycles. The van der Waals surface area contributed by atoms with E-state index in [4.69, 9.17) is 15.0 Å². The van der Waals surface area contributed by atoms with Crippen molar-refractivity contribution < 1.29 is 0 Å². The number of aromatic nitrogens is 4. The second-order valence-corrected chi connectivity index (χ2v) is 15.6. The lowest BCUT2D eigenvalue weighted by Gasteiger charge is -2.12. The summed E-state index contributed by atoms with van der Waals surface area (Å²) in [5, 5.41) is 2.41. The fraction of sp³-hybridized carbons (Fsp3) is 0.0175. The van der Waals surface area contributed by atoms with Crippen LogP contribution in [0, 0.1) is 0 Å². The predicted octanol–water partition coefficient (Wildman–Crippen LogP) is 14.2. The maximum absolute atomic E-state index is 4.96. The highest BCUT2D eigenvalue weighted by Gasteiger charge is 2.22. The van der Waals surface area contributed by atoms with Crippen molar-refractivity contribution >= 4 is 45.0 Å². The molecule has 0 atom stereocenters. The van der Waals surface area contributed by atoms with Crippen LogP contribution < -0.4 is 4.58 Å². The minimum atomic E-state index is 0.635. The highest BCUT2D eigenvalue weighted by Crippen LogP contribution is 2.38. The van der Waals surface area contributed by atoms with Gasteiger partial charge in [0, 0.05) is 63.0 Å². The highest BCUT2D eigenvalue weighted by atomic mass is 15.0. The molecule has 1 aliphatic rings. The first kappa shape index (κ1) is 36.8. The number of hydrogen-bond acceptors (Lipinski definition) is 3. The largest absolute Gasteiger partial charge is 0.309 e. The molecule has 0 aliphatic carbocycles. The van der Waals surface area contributed by atoms with Crippen molar-refractivity contribution in [1.29, 1.82) is 0 Å². The van der Waals surface area contributed by atoms with Gasteiger partial charge in [0.25, 0.3) is 0 Å². The third kappa shape index (κ3) is 6.82. The summed E-state index contributed by atoms with van der Waals surface area (Å²) in [7, 11) is 0. The molecule has 0 spiro atoms. The Balaban J connectivity index is 0.941. The third-order valence-corrected chi connectivity index (χ3v) is 11.7. The van der Waals surface area contributed by atoms with Gasteiger partial charge in [0.15, 0.2) is 23.7 Å². The Labute approximate surface area is 360 Å². The summed E-state index contributed by atoms with van der Waals surface area (Å²) in [5.41, 5.74) is 15.6. The summed E-state index contributed by atoms with van der Waals surface area (Å²) in [4.78, 5) is 14.8. The first-order chi connectivity index (χ1) is 30.6. The minimum Gasteiger partial charge on any atom is -0.309 e. The van der Waals surface area contributed by atoms with Crippen LogP contribution in [0.2, 0.25) is 0 Å². The summed E-state index contributed by atoms with van der Waals surface area (Å²) in [6, 6.07) is 70.5. The molecule has 10 aromatic rings. The second-order valence-electron chi connectivity index (χ2n) is 15.6. The lowest BCUT2D eigenvalue weighted by molar-refractivity contribution is 1.07. The summed E-state index contributed by atoms with van der Waals surface area (Å²) in [5.74, 6) is 1.93.